The number of hydrogen-bond donors (Lipinski definition) is 1. The zero-order valence-electron chi connectivity index (χ0n) is 16.6. The molecule has 1 aromatic carbocycles. The van der Waals surface area contributed by atoms with Gasteiger partial charge in [0.15, 0.2) is 11.5 Å². The number of rotatable bonds is 2. The van der Waals surface area contributed by atoms with Crippen LogP contribution in [0.2, 0.25) is 0 Å². The maximum Gasteiger partial charge on any atom is 0.418 e. The van der Waals surface area contributed by atoms with Crippen molar-refractivity contribution < 1.29 is 18.0 Å². The summed E-state index contributed by atoms with van der Waals surface area (Å²) in [5, 5.41) is 2.34. The van der Waals surface area contributed by atoms with Crippen LogP contribution in [-0.2, 0) is 13.2 Å². The normalized spacial score (nSPS) is 14.7. The molecule has 1 saturated heterocycles. The van der Waals surface area contributed by atoms with E-state index < -0.39 is 17.8 Å². The van der Waals surface area contributed by atoms with E-state index in [1.807, 2.05) is 0 Å². The Labute approximate surface area is 174 Å². The zero-order valence-corrected chi connectivity index (χ0v) is 16.6. The predicted octanol–water partition coefficient (Wildman–Crippen LogP) is 2.70. The summed E-state index contributed by atoms with van der Waals surface area (Å²) in [7, 11) is 1.62. The van der Waals surface area contributed by atoms with Crippen molar-refractivity contribution in [2.45, 2.75) is 6.18 Å². The molecule has 0 bridgehead atoms. The molecule has 0 atom stereocenters. The van der Waals surface area contributed by atoms with Gasteiger partial charge in [0.25, 0.3) is 5.56 Å². The average molecular weight is 432 g/mol. The van der Waals surface area contributed by atoms with Crippen molar-refractivity contribution in [1.82, 2.24) is 19.4 Å². The lowest BCUT2D eigenvalue weighted by atomic mass is 10.1. The highest BCUT2D eigenvalue weighted by atomic mass is 19.4. The highest BCUT2D eigenvalue weighted by Crippen LogP contribution is 2.34. The number of piperazine rings is 1. The predicted molar refractivity (Wildman–Crippen MR) is 109 cm³/mol. The Kier molecular flexibility index (Phi) is 5.25. The fourth-order valence-corrected chi connectivity index (χ4v) is 3.50. The first-order chi connectivity index (χ1) is 14.8. The second kappa shape index (κ2) is 7.89. The van der Waals surface area contributed by atoms with Crippen LogP contribution >= 0.6 is 0 Å². The van der Waals surface area contributed by atoms with E-state index in [2.05, 4.69) is 15.3 Å². The number of fused-ring (bicyclic) bond motifs is 1. The number of benzene rings is 1. The Morgan fingerprint density at radius 1 is 1.06 bits per heavy atom. The summed E-state index contributed by atoms with van der Waals surface area (Å²) in [6.45, 7) is 1.11. The number of alkyl halides is 3. The third-order valence-electron chi connectivity index (χ3n) is 5.15. The quantitative estimate of drug-likeness (QED) is 0.673. The Bertz CT molecular complexity index is 1190. The van der Waals surface area contributed by atoms with E-state index in [0.29, 0.717) is 24.3 Å². The summed E-state index contributed by atoms with van der Waals surface area (Å²) in [4.78, 5) is 37.0. The minimum Gasteiger partial charge on any atom is -0.348 e. The number of carbonyl (C=O) groups excluding carboxylic acids is 1. The van der Waals surface area contributed by atoms with E-state index in [1.54, 1.807) is 30.3 Å². The molecule has 8 nitrogen and oxygen atoms in total. The topological polar surface area (TPSA) is 83.4 Å². The van der Waals surface area contributed by atoms with Gasteiger partial charge in [-0.25, -0.2) is 14.8 Å². The molecule has 2 amide bonds. The van der Waals surface area contributed by atoms with Gasteiger partial charge in [-0.3, -0.25) is 9.36 Å². The van der Waals surface area contributed by atoms with E-state index >= 15 is 0 Å². The number of nitrogens with one attached hydrogen (secondary N) is 1. The summed E-state index contributed by atoms with van der Waals surface area (Å²) in [5.41, 5.74) is -0.455. The molecule has 1 N–H and O–H groups in total. The fourth-order valence-electron chi connectivity index (χ4n) is 3.50. The first-order valence-electron chi connectivity index (χ1n) is 9.54. The molecule has 3 aromatic rings. The van der Waals surface area contributed by atoms with Gasteiger partial charge in [0.05, 0.1) is 11.3 Å². The molecule has 4 rings (SSSR count). The maximum absolute atomic E-state index is 13.1. The van der Waals surface area contributed by atoms with Gasteiger partial charge in [-0.1, -0.05) is 12.1 Å². The van der Waals surface area contributed by atoms with Crippen LogP contribution in [0.1, 0.15) is 5.56 Å². The van der Waals surface area contributed by atoms with Crippen molar-refractivity contribution in [3.63, 3.8) is 0 Å². The van der Waals surface area contributed by atoms with Crippen molar-refractivity contribution >= 4 is 28.7 Å². The number of amides is 2. The Morgan fingerprint density at radius 3 is 2.48 bits per heavy atom. The maximum atomic E-state index is 13.1. The molecule has 162 valence electrons. The highest BCUT2D eigenvalue weighted by molar-refractivity contribution is 5.90. The van der Waals surface area contributed by atoms with Crippen molar-refractivity contribution in [3.05, 3.63) is 58.5 Å². The second-order valence-corrected chi connectivity index (χ2v) is 7.09. The lowest BCUT2D eigenvalue weighted by Gasteiger charge is -2.35. The molecule has 1 aliphatic heterocycles. The van der Waals surface area contributed by atoms with Gasteiger partial charge in [-0.2, -0.15) is 13.2 Å². The van der Waals surface area contributed by atoms with Crippen LogP contribution in [0.15, 0.2) is 47.4 Å². The van der Waals surface area contributed by atoms with Gasteiger partial charge in [0, 0.05) is 39.4 Å². The van der Waals surface area contributed by atoms with E-state index in [-0.39, 0.29) is 30.2 Å². The average Bonchev–Trinajstić information content (AvgIpc) is 2.76. The molecule has 2 aromatic heterocycles. The number of urea groups is 1. The molecule has 0 radical (unpaired) electrons. The van der Waals surface area contributed by atoms with Crippen molar-refractivity contribution in [2.75, 3.05) is 36.4 Å². The molecule has 0 spiro atoms. The van der Waals surface area contributed by atoms with Gasteiger partial charge in [0.2, 0.25) is 0 Å². The zero-order chi connectivity index (χ0) is 22.2. The number of aryl methyl sites for hydroxylation is 1. The van der Waals surface area contributed by atoms with Gasteiger partial charge < -0.3 is 15.1 Å². The van der Waals surface area contributed by atoms with Gasteiger partial charge in [-0.15, -0.1) is 0 Å². The Balaban J connectivity index is 1.48. The molecule has 0 unspecified atom stereocenters. The first-order valence-corrected chi connectivity index (χ1v) is 9.54. The Morgan fingerprint density at radius 2 is 1.77 bits per heavy atom. The standard InChI is InChI=1S/C20H19F3N6O2/c1-27-16-15(7-4-8-24-16)25-17(18(27)30)28-9-11-29(12-10-28)19(31)26-14-6-3-2-5-13(14)20(21,22)23/h2-8H,9-12H2,1H3,(H,26,31). The smallest absolute Gasteiger partial charge is 0.348 e. The molecule has 1 fully saturated rings. The Hall–Kier alpha value is -3.63. The summed E-state index contributed by atoms with van der Waals surface area (Å²) in [6.07, 6.45) is -2.99. The second-order valence-electron chi connectivity index (χ2n) is 7.09. The van der Waals surface area contributed by atoms with Crippen LogP contribution in [-0.4, -0.2) is 51.6 Å². The molecule has 0 saturated carbocycles. The van der Waals surface area contributed by atoms with Crippen molar-refractivity contribution in [2.24, 2.45) is 7.05 Å². The summed E-state index contributed by atoms with van der Waals surface area (Å²) >= 11 is 0. The number of nitrogens with zero attached hydrogens (tertiary/aromatic N) is 5. The lowest BCUT2D eigenvalue weighted by Crippen LogP contribution is -2.51. The van der Waals surface area contributed by atoms with Crippen LogP contribution in [0.3, 0.4) is 0 Å². The molecule has 3 heterocycles. The van der Waals surface area contributed by atoms with Crippen molar-refractivity contribution in [1.29, 1.82) is 0 Å². The number of hydrogen-bond acceptors (Lipinski definition) is 5. The van der Waals surface area contributed by atoms with Crippen LogP contribution in [0.5, 0.6) is 0 Å². The summed E-state index contributed by atoms with van der Waals surface area (Å²) in [6, 6.07) is 7.69. The fraction of sp³-hybridized carbons (Fsp3) is 0.300. The van der Waals surface area contributed by atoms with Crippen LogP contribution < -0.4 is 15.8 Å². The van der Waals surface area contributed by atoms with E-state index in [0.717, 1.165) is 6.07 Å². The van der Waals surface area contributed by atoms with Crippen molar-refractivity contribution in [3.8, 4) is 0 Å². The SMILES string of the molecule is Cn1c(=O)c(N2CCN(C(=O)Nc3ccccc3C(F)(F)F)CC2)nc2cccnc21. The number of carbonyl (C=O) groups is 1. The van der Waals surface area contributed by atoms with E-state index in [4.69, 9.17) is 0 Å². The van der Waals surface area contributed by atoms with Crippen LogP contribution in [0.4, 0.5) is 29.5 Å². The van der Waals surface area contributed by atoms with E-state index in [1.165, 1.54) is 27.7 Å². The number of halogens is 3. The molecule has 1 aliphatic rings. The molecule has 11 heteroatoms. The molecule has 31 heavy (non-hydrogen) atoms. The summed E-state index contributed by atoms with van der Waals surface area (Å²) < 4.78 is 40.9. The van der Waals surface area contributed by atoms with Gasteiger partial charge >= 0.3 is 12.2 Å². The minimum atomic E-state index is -4.57. The monoisotopic (exact) mass is 432 g/mol. The third-order valence-corrected chi connectivity index (χ3v) is 5.15. The van der Waals surface area contributed by atoms with E-state index in [9.17, 15) is 22.8 Å². The van der Waals surface area contributed by atoms with Crippen LogP contribution in [0.25, 0.3) is 11.2 Å². The number of anilines is 2. The summed E-state index contributed by atoms with van der Waals surface area (Å²) in [5.74, 6) is 0.255. The largest absolute Gasteiger partial charge is 0.418 e. The lowest BCUT2D eigenvalue weighted by molar-refractivity contribution is -0.136. The molecule has 0 aliphatic carbocycles. The molecular weight excluding hydrogens is 413 g/mol. The van der Waals surface area contributed by atoms with Gasteiger partial charge in [-0.05, 0) is 24.3 Å². The van der Waals surface area contributed by atoms with Crippen LogP contribution in [0, 0.1) is 0 Å². The third kappa shape index (κ3) is 4.03. The molecular formula is C20H19F3N6O2. The minimum absolute atomic E-state index is 0.232. The number of pyridine rings is 1. The number of para-hydroxylation sites is 1. The van der Waals surface area contributed by atoms with Gasteiger partial charge in [0.1, 0.15) is 5.52 Å². The first kappa shape index (κ1) is 20.6. The number of aromatic nitrogens is 3. The highest BCUT2D eigenvalue weighted by Gasteiger charge is 2.34.